The molecule has 3 heteroatoms. The number of amides is 1. The number of carbonyl (C=O) groups is 1. The van der Waals surface area contributed by atoms with Crippen molar-refractivity contribution < 1.29 is 4.79 Å². The average Bonchev–Trinajstić information content (AvgIpc) is 2.47. The van der Waals surface area contributed by atoms with E-state index in [0.717, 1.165) is 30.5 Å². The maximum atomic E-state index is 12.3. The first-order valence-electron chi connectivity index (χ1n) is 7.02. The number of benzene rings is 2. The Morgan fingerprint density at radius 2 is 1.65 bits per heavy atom. The molecule has 1 heterocycles. The van der Waals surface area contributed by atoms with E-state index in [0.29, 0.717) is 0 Å². The minimum atomic E-state index is -0.334. The van der Waals surface area contributed by atoms with Crippen molar-refractivity contribution in [3.63, 3.8) is 0 Å². The molecule has 20 heavy (non-hydrogen) atoms. The smallest absolute Gasteiger partial charge is 0.255 e. The maximum absolute atomic E-state index is 12.3. The number of rotatable bonds is 0. The quantitative estimate of drug-likeness (QED) is 0.768. The van der Waals surface area contributed by atoms with Gasteiger partial charge in [0.2, 0.25) is 0 Å². The van der Waals surface area contributed by atoms with Crippen molar-refractivity contribution in [3.8, 4) is 0 Å². The minimum absolute atomic E-state index is 0.0266. The third-order valence-corrected chi connectivity index (χ3v) is 4.33. The molecule has 3 nitrogen and oxygen atoms in total. The summed E-state index contributed by atoms with van der Waals surface area (Å²) in [7, 11) is 0. The number of carbonyl (C=O) groups excluding carboxylic acids is 1. The van der Waals surface area contributed by atoms with E-state index in [4.69, 9.17) is 0 Å². The van der Waals surface area contributed by atoms with E-state index in [1.807, 2.05) is 24.3 Å². The van der Waals surface area contributed by atoms with Gasteiger partial charge in [0.1, 0.15) is 5.66 Å². The summed E-state index contributed by atoms with van der Waals surface area (Å²) in [5.74, 6) is 0.0266. The number of aryl methyl sites for hydroxylation is 1. The molecule has 2 aliphatic rings. The van der Waals surface area contributed by atoms with Crippen molar-refractivity contribution in [1.29, 1.82) is 0 Å². The van der Waals surface area contributed by atoms with E-state index in [1.54, 1.807) is 0 Å². The molecule has 1 spiro atoms. The Morgan fingerprint density at radius 3 is 2.55 bits per heavy atom. The molecule has 0 fully saturated rings. The molecule has 1 aliphatic heterocycles. The fourth-order valence-corrected chi connectivity index (χ4v) is 3.31. The molecule has 0 aromatic heterocycles. The SMILES string of the molecule is O=C1NC2(CCc3ccccc3C2)Nc2ccccc21. The van der Waals surface area contributed by atoms with Crippen LogP contribution in [0.4, 0.5) is 5.69 Å². The van der Waals surface area contributed by atoms with E-state index in [2.05, 4.69) is 34.9 Å². The van der Waals surface area contributed by atoms with Crippen LogP contribution >= 0.6 is 0 Å². The number of anilines is 1. The first-order valence-corrected chi connectivity index (χ1v) is 7.02. The van der Waals surface area contributed by atoms with Gasteiger partial charge in [-0.25, -0.2) is 0 Å². The van der Waals surface area contributed by atoms with Gasteiger partial charge in [0.25, 0.3) is 5.91 Å². The number of nitrogens with one attached hydrogen (secondary N) is 2. The summed E-state index contributed by atoms with van der Waals surface area (Å²) in [5.41, 5.74) is 4.06. The highest BCUT2D eigenvalue weighted by atomic mass is 16.2. The van der Waals surface area contributed by atoms with Crippen molar-refractivity contribution in [2.45, 2.75) is 24.9 Å². The Kier molecular flexibility index (Phi) is 2.36. The van der Waals surface area contributed by atoms with Crippen LogP contribution in [-0.4, -0.2) is 11.6 Å². The second-order valence-corrected chi connectivity index (χ2v) is 5.65. The zero-order valence-electron chi connectivity index (χ0n) is 11.1. The van der Waals surface area contributed by atoms with Gasteiger partial charge in [-0.05, 0) is 36.1 Å². The molecule has 1 aliphatic carbocycles. The van der Waals surface area contributed by atoms with Gasteiger partial charge in [0.05, 0.1) is 5.56 Å². The first kappa shape index (κ1) is 11.5. The lowest BCUT2D eigenvalue weighted by Gasteiger charge is -2.43. The zero-order chi connectivity index (χ0) is 13.6. The van der Waals surface area contributed by atoms with Crippen LogP contribution in [-0.2, 0) is 12.8 Å². The largest absolute Gasteiger partial charge is 0.362 e. The van der Waals surface area contributed by atoms with E-state index in [9.17, 15) is 4.79 Å². The van der Waals surface area contributed by atoms with Crippen LogP contribution in [0.5, 0.6) is 0 Å². The average molecular weight is 264 g/mol. The summed E-state index contributed by atoms with van der Waals surface area (Å²) in [4.78, 5) is 12.3. The zero-order valence-corrected chi connectivity index (χ0v) is 11.1. The van der Waals surface area contributed by atoms with Crippen molar-refractivity contribution in [2.75, 3.05) is 5.32 Å². The van der Waals surface area contributed by atoms with Gasteiger partial charge in [0, 0.05) is 12.1 Å². The molecule has 2 N–H and O–H groups in total. The lowest BCUT2D eigenvalue weighted by molar-refractivity contribution is 0.0892. The summed E-state index contributed by atoms with van der Waals surface area (Å²) in [6.45, 7) is 0. The van der Waals surface area contributed by atoms with Crippen LogP contribution in [0.2, 0.25) is 0 Å². The molecule has 1 atom stereocenters. The molecule has 1 unspecified atom stereocenters. The third kappa shape index (κ3) is 1.70. The Hall–Kier alpha value is -2.29. The lowest BCUT2D eigenvalue weighted by atomic mass is 9.82. The second-order valence-electron chi connectivity index (χ2n) is 5.65. The fraction of sp³-hybridized carbons (Fsp3) is 0.235. The van der Waals surface area contributed by atoms with Gasteiger partial charge in [-0.3, -0.25) is 4.79 Å². The van der Waals surface area contributed by atoms with Crippen molar-refractivity contribution in [1.82, 2.24) is 5.32 Å². The molecular formula is C17H16N2O. The summed E-state index contributed by atoms with van der Waals surface area (Å²) >= 11 is 0. The number of hydrogen-bond acceptors (Lipinski definition) is 2. The van der Waals surface area contributed by atoms with Crippen molar-refractivity contribution in [2.24, 2.45) is 0 Å². The molecule has 4 rings (SSSR count). The highest BCUT2D eigenvalue weighted by Crippen LogP contribution is 2.34. The molecular weight excluding hydrogens is 248 g/mol. The van der Waals surface area contributed by atoms with Gasteiger partial charge in [-0.15, -0.1) is 0 Å². The van der Waals surface area contributed by atoms with Gasteiger partial charge in [-0.2, -0.15) is 0 Å². The Morgan fingerprint density at radius 1 is 0.900 bits per heavy atom. The van der Waals surface area contributed by atoms with Gasteiger partial charge < -0.3 is 10.6 Å². The summed E-state index contributed by atoms with van der Waals surface area (Å²) in [5, 5.41) is 6.73. The highest BCUT2D eigenvalue weighted by molar-refractivity contribution is 6.02. The maximum Gasteiger partial charge on any atom is 0.255 e. The highest BCUT2D eigenvalue weighted by Gasteiger charge is 2.39. The summed E-state index contributed by atoms with van der Waals surface area (Å²) < 4.78 is 0. The molecule has 0 saturated carbocycles. The normalized spacial score (nSPS) is 23.5. The Labute approximate surface area is 118 Å². The number of hydrogen-bond donors (Lipinski definition) is 2. The van der Waals surface area contributed by atoms with Gasteiger partial charge in [0.15, 0.2) is 0 Å². The van der Waals surface area contributed by atoms with E-state index in [-0.39, 0.29) is 11.6 Å². The predicted octanol–water partition coefficient (Wildman–Crippen LogP) is 2.73. The summed E-state index contributed by atoms with van der Waals surface area (Å²) in [6.07, 6.45) is 2.75. The van der Waals surface area contributed by atoms with Crippen LogP contribution in [0.3, 0.4) is 0 Å². The minimum Gasteiger partial charge on any atom is -0.362 e. The van der Waals surface area contributed by atoms with Crippen molar-refractivity contribution >= 4 is 11.6 Å². The van der Waals surface area contributed by atoms with E-state index in [1.165, 1.54) is 11.1 Å². The predicted molar refractivity (Wildman–Crippen MR) is 78.7 cm³/mol. The lowest BCUT2D eigenvalue weighted by Crippen LogP contribution is -2.60. The molecule has 2 aromatic carbocycles. The molecule has 0 radical (unpaired) electrons. The van der Waals surface area contributed by atoms with Crippen LogP contribution in [0.1, 0.15) is 27.9 Å². The molecule has 2 aromatic rings. The number of para-hydroxylation sites is 1. The van der Waals surface area contributed by atoms with E-state index < -0.39 is 0 Å². The topological polar surface area (TPSA) is 41.1 Å². The van der Waals surface area contributed by atoms with Crippen LogP contribution in [0.15, 0.2) is 48.5 Å². The van der Waals surface area contributed by atoms with Gasteiger partial charge in [-0.1, -0.05) is 36.4 Å². The molecule has 0 bridgehead atoms. The standard InChI is InChI=1S/C17H16N2O/c20-16-14-7-3-4-8-15(14)18-17(19-16)10-9-12-5-1-2-6-13(12)11-17/h1-8,18H,9-11H2,(H,19,20). The Bertz CT molecular complexity index is 695. The molecule has 100 valence electrons. The fourth-order valence-electron chi connectivity index (χ4n) is 3.31. The van der Waals surface area contributed by atoms with Crippen LogP contribution in [0.25, 0.3) is 0 Å². The van der Waals surface area contributed by atoms with Crippen LogP contribution < -0.4 is 10.6 Å². The van der Waals surface area contributed by atoms with Gasteiger partial charge >= 0.3 is 0 Å². The monoisotopic (exact) mass is 264 g/mol. The number of fused-ring (bicyclic) bond motifs is 2. The summed E-state index contributed by atoms with van der Waals surface area (Å²) in [6, 6.07) is 16.2. The molecule has 1 amide bonds. The third-order valence-electron chi connectivity index (χ3n) is 4.33. The van der Waals surface area contributed by atoms with Crippen LogP contribution in [0, 0.1) is 0 Å². The Balaban J connectivity index is 1.73. The molecule has 0 saturated heterocycles. The second kappa shape index (κ2) is 4.10. The van der Waals surface area contributed by atoms with Crippen molar-refractivity contribution in [3.05, 3.63) is 65.2 Å². The van der Waals surface area contributed by atoms with E-state index >= 15 is 0 Å². The first-order chi connectivity index (χ1) is 9.76.